The monoisotopic (exact) mass is 456 g/mol. The predicted octanol–water partition coefficient (Wildman–Crippen LogP) is 2.56. The summed E-state index contributed by atoms with van der Waals surface area (Å²) in [6.07, 6.45) is 1.20. The molecule has 136 valence electrons. The van der Waals surface area contributed by atoms with Crippen molar-refractivity contribution in [3.05, 3.63) is 30.1 Å². The van der Waals surface area contributed by atoms with Crippen LogP contribution in [-0.2, 0) is 6.54 Å². The van der Waals surface area contributed by atoms with E-state index in [0.717, 1.165) is 35.6 Å². The Labute approximate surface area is 165 Å². The number of rotatable bonds is 6. The minimum Gasteiger partial charge on any atom is -0.497 e. The van der Waals surface area contributed by atoms with Gasteiger partial charge in [-0.1, -0.05) is 6.92 Å². The first-order chi connectivity index (χ1) is 11.7. The Morgan fingerprint density at radius 3 is 2.68 bits per heavy atom. The van der Waals surface area contributed by atoms with Gasteiger partial charge in [-0.05, 0) is 43.5 Å². The Bertz CT molecular complexity index is 699. The third-order valence-corrected chi connectivity index (χ3v) is 4.04. The van der Waals surface area contributed by atoms with E-state index >= 15 is 0 Å². The van der Waals surface area contributed by atoms with Crippen molar-refractivity contribution in [3.8, 4) is 17.1 Å². The van der Waals surface area contributed by atoms with Gasteiger partial charge in [0.05, 0.1) is 7.11 Å². The van der Waals surface area contributed by atoms with E-state index in [2.05, 4.69) is 44.7 Å². The van der Waals surface area contributed by atoms with E-state index in [1.165, 1.54) is 6.42 Å². The Hall–Kier alpha value is -1.84. The zero-order chi connectivity index (χ0) is 16.9. The van der Waals surface area contributed by atoms with Gasteiger partial charge in [0.25, 0.3) is 0 Å². The Balaban J connectivity index is 0.00000225. The maximum atomic E-state index is 5.16. The number of aromatic nitrogens is 3. The summed E-state index contributed by atoms with van der Waals surface area (Å²) >= 11 is 0. The fraction of sp³-hybridized carbons (Fsp3) is 0.471. The van der Waals surface area contributed by atoms with Gasteiger partial charge < -0.3 is 15.4 Å². The Morgan fingerprint density at radius 2 is 2.08 bits per heavy atom. The molecule has 3 N–H and O–H groups in total. The molecule has 2 unspecified atom stereocenters. The van der Waals surface area contributed by atoms with Crippen molar-refractivity contribution in [2.45, 2.75) is 32.9 Å². The highest BCUT2D eigenvalue weighted by Crippen LogP contribution is 2.28. The van der Waals surface area contributed by atoms with Gasteiger partial charge in [-0.3, -0.25) is 5.10 Å². The zero-order valence-corrected chi connectivity index (χ0v) is 17.1. The Morgan fingerprint density at radius 1 is 1.36 bits per heavy atom. The van der Waals surface area contributed by atoms with Crippen molar-refractivity contribution in [1.29, 1.82) is 0 Å². The molecule has 1 aliphatic rings. The van der Waals surface area contributed by atoms with Crippen molar-refractivity contribution in [3.63, 3.8) is 0 Å². The summed E-state index contributed by atoms with van der Waals surface area (Å²) in [5.74, 6) is 3.77. The van der Waals surface area contributed by atoms with E-state index in [0.29, 0.717) is 18.4 Å². The van der Waals surface area contributed by atoms with E-state index in [1.54, 1.807) is 7.11 Å². The molecule has 0 saturated heterocycles. The first-order valence-corrected chi connectivity index (χ1v) is 8.30. The molecule has 1 fully saturated rings. The Kier molecular flexibility index (Phi) is 7.03. The van der Waals surface area contributed by atoms with Crippen LogP contribution in [0.25, 0.3) is 11.4 Å². The van der Waals surface area contributed by atoms with Gasteiger partial charge in [-0.25, -0.2) is 9.98 Å². The van der Waals surface area contributed by atoms with Crippen LogP contribution in [0.15, 0.2) is 29.3 Å². The summed E-state index contributed by atoms with van der Waals surface area (Å²) in [6.45, 7) is 5.59. The number of aromatic amines is 1. The third-order valence-electron chi connectivity index (χ3n) is 4.04. The summed E-state index contributed by atoms with van der Waals surface area (Å²) in [5.41, 5.74) is 0.944. The lowest BCUT2D eigenvalue weighted by molar-refractivity contribution is 0.415. The van der Waals surface area contributed by atoms with Crippen LogP contribution < -0.4 is 15.4 Å². The molecule has 1 saturated carbocycles. The molecular weight excluding hydrogens is 431 g/mol. The minimum atomic E-state index is 0. The number of halogens is 1. The number of nitrogens with zero attached hydrogens (tertiary/aromatic N) is 3. The van der Waals surface area contributed by atoms with Gasteiger partial charge in [-0.15, -0.1) is 24.0 Å². The number of guanidine groups is 1. The van der Waals surface area contributed by atoms with Crippen LogP contribution in [0.4, 0.5) is 0 Å². The second-order valence-corrected chi connectivity index (χ2v) is 5.99. The van der Waals surface area contributed by atoms with Gasteiger partial charge in [-0.2, -0.15) is 5.10 Å². The predicted molar refractivity (Wildman–Crippen MR) is 109 cm³/mol. The number of hydrogen-bond acceptors (Lipinski definition) is 4. The number of methoxy groups -OCH3 is 1. The second-order valence-electron chi connectivity index (χ2n) is 5.99. The van der Waals surface area contributed by atoms with E-state index in [9.17, 15) is 0 Å². The van der Waals surface area contributed by atoms with Crippen LogP contribution >= 0.6 is 24.0 Å². The summed E-state index contributed by atoms with van der Waals surface area (Å²) < 4.78 is 5.16. The quantitative estimate of drug-likeness (QED) is 0.354. The average Bonchev–Trinajstić information content (AvgIpc) is 3.10. The van der Waals surface area contributed by atoms with Crippen molar-refractivity contribution >= 4 is 29.9 Å². The van der Waals surface area contributed by atoms with Crippen LogP contribution in [0.1, 0.15) is 26.1 Å². The lowest BCUT2D eigenvalue weighted by Crippen LogP contribution is -2.39. The number of benzene rings is 1. The molecule has 1 aliphatic carbocycles. The van der Waals surface area contributed by atoms with E-state index in [4.69, 9.17) is 4.74 Å². The van der Waals surface area contributed by atoms with Gasteiger partial charge in [0.15, 0.2) is 11.8 Å². The van der Waals surface area contributed by atoms with Crippen LogP contribution in [0.3, 0.4) is 0 Å². The first kappa shape index (κ1) is 19.5. The number of hydrogen-bond donors (Lipinski definition) is 3. The number of nitrogens with one attached hydrogen (secondary N) is 3. The zero-order valence-electron chi connectivity index (χ0n) is 14.7. The van der Waals surface area contributed by atoms with Gasteiger partial charge >= 0.3 is 0 Å². The first-order valence-electron chi connectivity index (χ1n) is 8.30. The lowest BCUT2D eigenvalue weighted by Gasteiger charge is -2.09. The van der Waals surface area contributed by atoms with Crippen LogP contribution in [0, 0.1) is 5.92 Å². The van der Waals surface area contributed by atoms with Gasteiger partial charge in [0.2, 0.25) is 0 Å². The summed E-state index contributed by atoms with van der Waals surface area (Å²) in [6, 6.07) is 8.21. The topological polar surface area (TPSA) is 87.2 Å². The maximum absolute atomic E-state index is 5.16. The molecule has 1 aromatic carbocycles. The highest BCUT2D eigenvalue weighted by Gasteiger charge is 2.33. The fourth-order valence-electron chi connectivity index (χ4n) is 2.41. The fourth-order valence-corrected chi connectivity index (χ4v) is 2.41. The number of H-pyrrole nitrogens is 1. The summed E-state index contributed by atoms with van der Waals surface area (Å²) in [7, 11) is 1.65. The number of ether oxygens (including phenoxy) is 1. The molecule has 1 heterocycles. The molecule has 3 rings (SSSR count). The standard InChI is InChI=1S/C17H24N6O.HI/c1-4-18-17(20-14-9-11(14)2)19-10-15-21-16(23-22-15)12-5-7-13(24-3)8-6-12;/h5-8,11,14H,4,9-10H2,1-3H3,(H2,18,19,20)(H,21,22,23);1H. The lowest BCUT2D eigenvalue weighted by atomic mass is 10.2. The summed E-state index contributed by atoms with van der Waals surface area (Å²) in [4.78, 5) is 9.08. The molecule has 2 atom stereocenters. The molecule has 25 heavy (non-hydrogen) atoms. The van der Waals surface area contributed by atoms with Gasteiger partial charge in [0, 0.05) is 18.2 Å². The SMILES string of the molecule is CCNC(=NCc1nc(-c2ccc(OC)cc2)n[nH]1)NC1CC1C.I. The van der Waals surface area contributed by atoms with Gasteiger partial charge in [0.1, 0.15) is 18.1 Å². The number of aliphatic imine (C=N–C) groups is 1. The molecule has 8 heteroatoms. The highest BCUT2D eigenvalue weighted by atomic mass is 127. The van der Waals surface area contributed by atoms with Crippen LogP contribution in [0.2, 0.25) is 0 Å². The highest BCUT2D eigenvalue weighted by molar-refractivity contribution is 14.0. The van der Waals surface area contributed by atoms with E-state index < -0.39 is 0 Å². The smallest absolute Gasteiger partial charge is 0.191 e. The maximum Gasteiger partial charge on any atom is 0.191 e. The molecule has 1 aromatic heterocycles. The van der Waals surface area contributed by atoms with Crippen molar-refractivity contribution in [2.24, 2.45) is 10.9 Å². The molecule has 0 aliphatic heterocycles. The average molecular weight is 456 g/mol. The van der Waals surface area contributed by atoms with E-state index in [1.807, 2.05) is 24.3 Å². The molecular formula is C17H25IN6O. The molecule has 0 radical (unpaired) electrons. The third kappa shape index (κ3) is 5.32. The van der Waals surface area contributed by atoms with Crippen molar-refractivity contribution in [1.82, 2.24) is 25.8 Å². The molecule has 7 nitrogen and oxygen atoms in total. The molecule has 0 bridgehead atoms. The van der Waals surface area contributed by atoms with Crippen LogP contribution in [0.5, 0.6) is 5.75 Å². The molecule has 0 spiro atoms. The largest absolute Gasteiger partial charge is 0.497 e. The minimum absolute atomic E-state index is 0. The van der Waals surface area contributed by atoms with Crippen LogP contribution in [-0.4, -0.2) is 40.8 Å². The normalized spacial score (nSPS) is 19.1. The van der Waals surface area contributed by atoms with E-state index in [-0.39, 0.29) is 24.0 Å². The van der Waals surface area contributed by atoms with Crippen molar-refractivity contribution in [2.75, 3.05) is 13.7 Å². The van der Waals surface area contributed by atoms with Crippen molar-refractivity contribution < 1.29 is 4.74 Å². The molecule has 2 aromatic rings. The second kappa shape index (κ2) is 9.02. The molecule has 0 amide bonds. The summed E-state index contributed by atoms with van der Waals surface area (Å²) in [5, 5.41) is 13.9.